The Balaban J connectivity index is 2.43. The number of hydrogen-bond donors (Lipinski definition) is 3. The number of aliphatic hydroxyl groups is 2. The number of terminal acetylenes is 1. The summed E-state index contributed by atoms with van der Waals surface area (Å²) in [6.07, 6.45) is -1.08. The van der Waals surface area contributed by atoms with Crippen LogP contribution in [0.4, 0.5) is 13.2 Å². The van der Waals surface area contributed by atoms with E-state index in [0.29, 0.717) is 0 Å². The summed E-state index contributed by atoms with van der Waals surface area (Å²) in [5.41, 5.74) is 3.27. The van der Waals surface area contributed by atoms with Gasteiger partial charge in [0.05, 0.1) is 6.61 Å². The maximum atomic E-state index is 13.3. The van der Waals surface area contributed by atoms with E-state index < -0.39 is 36.6 Å². The zero-order valence-electron chi connectivity index (χ0n) is 11.3. The highest BCUT2D eigenvalue weighted by Gasteiger charge is 2.64. The molecule has 2 aliphatic heterocycles. The van der Waals surface area contributed by atoms with Gasteiger partial charge in [-0.25, -0.2) is 4.99 Å². The fraction of sp³-hybridized carbons (Fsp3) is 0.462. The molecule has 0 amide bonds. The molecule has 0 aromatic heterocycles. The number of rotatable bonds is 2. The van der Waals surface area contributed by atoms with Crippen molar-refractivity contribution in [1.29, 1.82) is 0 Å². The van der Waals surface area contributed by atoms with Crippen molar-refractivity contribution in [2.45, 2.75) is 24.1 Å². The number of aliphatic imine (C=N–C) groups is 1. The Morgan fingerprint density at radius 3 is 2.68 bits per heavy atom. The third-order valence-electron chi connectivity index (χ3n) is 3.55. The molecule has 22 heavy (non-hydrogen) atoms. The molecule has 1 saturated heterocycles. The molecule has 9 heteroatoms. The van der Waals surface area contributed by atoms with Crippen molar-refractivity contribution in [2.24, 2.45) is 16.6 Å². The number of nitrogens with two attached hydrogens (primary N) is 1. The molecule has 0 spiro atoms. The zero-order chi connectivity index (χ0) is 16.7. The Hall–Kier alpha value is -2.02. The molecule has 1 fully saturated rings. The van der Waals surface area contributed by atoms with Crippen LogP contribution in [0.5, 0.6) is 0 Å². The quantitative estimate of drug-likeness (QED) is 0.619. The van der Waals surface area contributed by atoms with Crippen molar-refractivity contribution in [1.82, 2.24) is 4.90 Å². The third-order valence-corrected chi connectivity index (χ3v) is 3.55. The molecule has 4 atom stereocenters. The Morgan fingerprint density at radius 2 is 2.23 bits per heavy atom. The van der Waals surface area contributed by atoms with Gasteiger partial charge in [-0.15, -0.1) is 6.42 Å². The lowest BCUT2D eigenvalue weighted by Gasteiger charge is -2.33. The molecule has 0 aromatic rings. The summed E-state index contributed by atoms with van der Waals surface area (Å²) < 4.78 is 45.1. The van der Waals surface area contributed by atoms with Crippen molar-refractivity contribution >= 4 is 5.84 Å². The molecule has 0 aliphatic carbocycles. The van der Waals surface area contributed by atoms with Crippen LogP contribution in [-0.2, 0) is 4.74 Å². The number of hydrogen-bond acceptors (Lipinski definition) is 6. The van der Waals surface area contributed by atoms with Crippen LogP contribution in [0.3, 0.4) is 0 Å². The fourth-order valence-electron chi connectivity index (χ4n) is 2.39. The van der Waals surface area contributed by atoms with E-state index in [2.05, 4.69) is 11.6 Å². The minimum Gasteiger partial charge on any atom is -0.392 e. The molecular weight excluding hydrogens is 303 g/mol. The van der Waals surface area contributed by atoms with Gasteiger partial charge in [-0.2, -0.15) is 13.2 Å². The fourth-order valence-corrected chi connectivity index (χ4v) is 2.39. The first-order chi connectivity index (χ1) is 10.2. The maximum absolute atomic E-state index is 13.3. The first-order valence-corrected chi connectivity index (χ1v) is 6.17. The normalized spacial score (nSPS) is 35.5. The molecule has 2 rings (SSSR count). The highest BCUT2D eigenvalue weighted by molar-refractivity contribution is 5.92. The lowest BCUT2D eigenvalue weighted by Crippen LogP contribution is -2.47. The second-order valence-electron chi connectivity index (χ2n) is 4.89. The Bertz CT molecular complexity index is 581. The van der Waals surface area contributed by atoms with Crippen LogP contribution in [0.2, 0.25) is 0 Å². The van der Waals surface area contributed by atoms with Gasteiger partial charge in [0.25, 0.3) is 0 Å². The van der Waals surface area contributed by atoms with Gasteiger partial charge < -0.3 is 25.6 Å². The topological polar surface area (TPSA) is 91.3 Å². The zero-order valence-corrected chi connectivity index (χ0v) is 11.3. The summed E-state index contributed by atoms with van der Waals surface area (Å²) in [5, 5.41) is 19.3. The molecule has 0 saturated carbocycles. The van der Waals surface area contributed by atoms with E-state index in [1.807, 2.05) is 5.92 Å². The van der Waals surface area contributed by atoms with Crippen LogP contribution >= 0.6 is 0 Å². The average Bonchev–Trinajstić information content (AvgIpc) is 2.72. The third kappa shape index (κ3) is 2.45. The van der Waals surface area contributed by atoms with E-state index in [9.17, 15) is 23.4 Å². The van der Waals surface area contributed by atoms with Crippen molar-refractivity contribution in [3.8, 4) is 12.3 Å². The Labute approximate surface area is 124 Å². The number of aliphatic hydroxyl groups excluding tert-OH is 2. The molecule has 2 heterocycles. The van der Waals surface area contributed by atoms with E-state index in [-0.39, 0.29) is 11.7 Å². The SMILES string of the molecule is C#C[C@]1(CO)O[C@@H](N2C=CC(N)=NC2=C)[C@@H](C(F)(F)F)[C@@H]1O. The van der Waals surface area contributed by atoms with Crippen molar-refractivity contribution < 1.29 is 28.1 Å². The second kappa shape index (κ2) is 5.31. The Kier molecular flexibility index (Phi) is 3.95. The first-order valence-electron chi connectivity index (χ1n) is 6.17. The molecule has 2 aliphatic rings. The summed E-state index contributed by atoms with van der Waals surface area (Å²) in [5.74, 6) is -0.483. The molecule has 0 aromatic carbocycles. The van der Waals surface area contributed by atoms with E-state index in [1.165, 1.54) is 12.3 Å². The average molecular weight is 317 g/mol. The van der Waals surface area contributed by atoms with Gasteiger partial charge in [0.2, 0.25) is 0 Å². The monoisotopic (exact) mass is 317 g/mol. The lowest BCUT2D eigenvalue weighted by atomic mass is 9.90. The minimum atomic E-state index is -4.82. The predicted molar refractivity (Wildman–Crippen MR) is 70.8 cm³/mol. The van der Waals surface area contributed by atoms with Crippen LogP contribution in [-0.4, -0.2) is 51.7 Å². The Morgan fingerprint density at radius 1 is 1.59 bits per heavy atom. The first kappa shape index (κ1) is 16.4. The van der Waals surface area contributed by atoms with Gasteiger partial charge >= 0.3 is 6.18 Å². The molecule has 6 nitrogen and oxygen atoms in total. The van der Waals surface area contributed by atoms with Crippen LogP contribution in [0.15, 0.2) is 29.7 Å². The highest BCUT2D eigenvalue weighted by Crippen LogP contribution is 2.46. The number of amidine groups is 1. The molecule has 4 N–H and O–H groups in total. The van der Waals surface area contributed by atoms with Gasteiger partial charge in [0.1, 0.15) is 23.7 Å². The second-order valence-corrected chi connectivity index (χ2v) is 4.89. The summed E-state index contributed by atoms with van der Waals surface area (Å²) in [7, 11) is 0. The standard InChI is InChI=1S/C13H14F3N3O3/c1-3-12(6-20)10(21)9(13(14,15)16)11(22-12)19-5-4-8(17)18-7(19)2/h1,4-5,9-11,20-21H,2,6H2,(H2,17,18)/t9-,10-,11+,12+/m0/s1. The summed E-state index contributed by atoms with van der Waals surface area (Å²) in [4.78, 5) is 4.71. The summed E-state index contributed by atoms with van der Waals surface area (Å²) >= 11 is 0. The highest BCUT2D eigenvalue weighted by atomic mass is 19.4. The largest absolute Gasteiger partial charge is 0.398 e. The van der Waals surface area contributed by atoms with E-state index in [1.54, 1.807) is 0 Å². The smallest absolute Gasteiger partial charge is 0.392 e. The van der Waals surface area contributed by atoms with Crippen LogP contribution < -0.4 is 5.73 Å². The van der Waals surface area contributed by atoms with E-state index in [4.69, 9.17) is 16.9 Å². The molecule has 0 unspecified atom stereocenters. The predicted octanol–water partition coefficient (Wildman–Crippen LogP) is -0.0959. The van der Waals surface area contributed by atoms with Gasteiger partial charge in [-0.3, -0.25) is 0 Å². The minimum absolute atomic E-state index is 0.0636. The maximum Gasteiger partial charge on any atom is 0.398 e. The van der Waals surface area contributed by atoms with Crippen molar-refractivity contribution in [2.75, 3.05) is 6.61 Å². The van der Waals surface area contributed by atoms with Crippen molar-refractivity contribution in [3.05, 3.63) is 24.7 Å². The molecule has 0 radical (unpaired) electrons. The van der Waals surface area contributed by atoms with Gasteiger partial charge in [0, 0.05) is 6.20 Å². The number of nitrogens with zero attached hydrogens (tertiary/aromatic N) is 2. The van der Waals surface area contributed by atoms with Crippen LogP contribution in [0.25, 0.3) is 0 Å². The van der Waals surface area contributed by atoms with Crippen LogP contribution in [0, 0.1) is 18.3 Å². The lowest BCUT2D eigenvalue weighted by molar-refractivity contribution is -0.213. The molecular formula is C13H14F3N3O3. The van der Waals surface area contributed by atoms with E-state index in [0.717, 1.165) is 4.90 Å². The number of ether oxygens (including phenoxy) is 1. The van der Waals surface area contributed by atoms with Gasteiger partial charge in [0.15, 0.2) is 11.8 Å². The summed E-state index contributed by atoms with van der Waals surface area (Å²) in [6, 6.07) is 0. The molecule has 0 bridgehead atoms. The van der Waals surface area contributed by atoms with E-state index >= 15 is 0 Å². The number of alkyl halides is 3. The number of halogens is 3. The molecule has 120 valence electrons. The van der Waals surface area contributed by atoms with Crippen molar-refractivity contribution in [3.63, 3.8) is 0 Å². The van der Waals surface area contributed by atoms with Crippen LogP contribution in [0.1, 0.15) is 0 Å². The summed E-state index contributed by atoms with van der Waals surface area (Å²) in [6.45, 7) is 2.53. The van der Waals surface area contributed by atoms with Gasteiger partial charge in [-0.05, 0) is 6.08 Å². The van der Waals surface area contributed by atoms with Gasteiger partial charge in [-0.1, -0.05) is 12.5 Å².